The number of benzene rings is 1. The third kappa shape index (κ3) is 2.94. The van der Waals surface area contributed by atoms with Gasteiger partial charge in [0.15, 0.2) is 0 Å². The molecule has 0 radical (unpaired) electrons. The van der Waals surface area contributed by atoms with E-state index in [9.17, 15) is 8.78 Å². The summed E-state index contributed by atoms with van der Waals surface area (Å²) in [6.45, 7) is -2.36. The number of pyridine rings is 1. The lowest BCUT2D eigenvalue weighted by molar-refractivity contribution is -0.0493. The number of H-pyrrole nitrogens is 1. The first-order chi connectivity index (χ1) is 10.2. The van der Waals surface area contributed by atoms with E-state index in [2.05, 4.69) is 20.0 Å². The molecule has 108 valence electrons. The molecule has 2 N–H and O–H groups in total. The zero-order chi connectivity index (χ0) is 14.7. The number of aromatic amines is 1. The van der Waals surface area contributed by atoms with E-state index in [1.807, 2.05) is 18.3 Å². The second-order valence-corrected chi connectivity index (χ2v) is 4.44. The van der Waals surface area contributed by atoms with E-state index in [0.717, 1.165) is 16.6 Å². The zero-order valence-corrected chi connectivity index (χ0v) is 11.0. The van der Waals surface area contributed by atoms with E-state index in [1.165, 1.54) is 6.07 Å². The summed E-state index contributed by atoms with van der Waals surface area (Å²) in [5, 5.41) is 4.10. The minimum Gasteiger partial charge on any atom is -0.433 e. The van der Waals surface area contributed by atoms with Crippen LogP contribution in [0.15, 0.2) is 48.8 Å². The van der Waals surface area contributed by atoms with E-state index in [0.29, 0.717) is 12.2 Å². The summed E-state index contributed by atoms with van der Waals surface area (Å²) in [7, 11) is 0. The Morgan fingerprint density at radius 1 is 1.19 bits per heavy atom. The van der Waals surface area contributed by atoms with Crippen molar-refractivity contribution in [2.75, 3.05) is 5.32 Å². The van der Waals surface area contributed by atoms with E-state index in [1.54, 1.807) is 24.4 Å². The number of alkyl halides is 2. The van der Waals surface area contributed by atoms with Crippen molar-refractivity contribution in [1.82, 2.24) is 9.97 Å². The van der Waals surface area contributed by atoms with Crippen molar-refractivity contribution in [1.29, 1.82) is 0 Å². The molecule has 0 spiro atoms. The predicted molar refractivity (Wildman–Crippen MR) is 76.5 cm³/mol. The topological polar surface area (TPSA) is 49.9 Å². The van der Waals surface area contributed by atoms with Crippen LogP contribution in [0.25, 0.3) is 11.0 Å². The molecule has 2 aromatic heterocycles. The number of fused-ring (bicyclic) bond motifs is 1. The number of anilines is 1. The Morgan fingerprint density at radius 2 is 2.05 bits per heavy atom. The van der Waals surface area contributed by atoms with Gasteiger partial charge >= 0.3 is 6.61 Å². The third-order valence-corrected chi connectivity index (χ3v) is 3.11. The maximum atomic E-state index is 12.4. The molecule has 1 aromatic carbocycles. The first kappa shape index (κ1) is 13.4. The van der Waals surface area contributed by atoms with Gasteiger partial charge in [-0.2, -0.15) is 8.78 Å². The number of nitrogens with one attached hydrogen (secondary N) is 2. The quantitative estimate of drug-likeness (QED) is 0.751. The molecule has 6 heteroatoms. The van der Waals surface area contributed by atoms with Crippen molar-refractivity contribution in [3.63, 3.8) is 0 Å². The molecular formula is C15H13F2N3O. The van der Waals surface area contributed by atoms with Gasteiger partial charge < -0.3 is 15.0 Å². The monoisotopic (exact) mass is 289 g/mol. The molecule has 0 aliphatic heterocycles. The highest BCUT2D eigenvalue weighted by atomic mass is 19.3. The van der Waals surface area contributed by atoms with Crippen LogP contribution < -0.4 is 10.1 Å². The fourth-order valence-corrected chi connectivity index (χ4v) is 2.16. The maximum absolute atomic E-state index is 12.4. The molecule has 0 bridgehead atoms. The molecule has 0 aliphatic rings. The Labute approximate surface area is 119 Å². The van der Waals surface area contributed by atoms with Crippen LogP contribution in [0.5, 0.6) is 5.75 Å². The molecular weight excluding hydrogens is 276 g/mol. The highest BCUT2D eigenvalue weighted by molar-refractivity contribution is 5.79. The summed E-state index contributed by atoms with van der Waals surface area (Å²) in [5.74, 6) is 0.130. The molecule has 0 saturated carbocycles. The lowest BCUT2D eigenvalue weighted by Crippen LogP contribution is -2.06. The first-order valence-electron chi connectivity index (χ1n) is 6.43. The van der Waals surface area contributed by atoms with Crippen LogP contribution in [-0.4, -0.2) is 16.6 Å². The molecule has 3 aromatic rings. The molecule has 0 atom stereocenters. The van der Waals surface area contributed by atoms with Crippen molar-refractivity contribution < 1.29 is 13.5 Å². The van der Waals surface area contributed by atoms with E-state index < -0.39 is 6.61 Å². The number of para-hydroxylation sites is 2. The van der Waals surface area contributed by atoms with Crippen molar-refractivity contribution in [2.24, 2.45) is 0 Å². The fourth-order valence-electron chi connectivity index (χ4n) is 2.16. The number of nitrogens with zero attached hydrogens (tertiary/aromatic N) is 1. The van der Waals surface area contributed by atoms with Crippen LogP contribution in [0.2, 0.25) is 0 Å². The highest BCUT2D eigenvalue weighted by Gasteiger charge is 2.09. The predicted octanol–water partition coefficient (Wildman–Crippen LogP) is 3.78. The van der Waals surface area contributed by atoms with Gasteiger partial charge in [-0.3, -0.25) is 0 Å². The molecule has 4 nitrogen and oxygen atoms in total. The lowest BCUT2D eigenvalue weighted by atomic mass is 10.2. The summed E-state index contributed by atoms with van der Waals surface area (Å²) in [6.07, 6.45) is 3.56. The Hall–Kier alpha value is -2.63. The Balaban J connectivity index is 1.79. The van der Waals surface area contributed by atoms with Gasteiger partial charge in [0.25, 0.3) is 0 Å². The SMILES string of the molecule is FC(F)Oc1ccccc1NCc1c[nH]c2ncccc12. The summed E-state index contributed by atoms with van der Waals surface area (Å²) in [4.78, 5) is 7.28. The van der Waals surface area contributed by atoms with Gasteiger partial charge in [0, 0.05) is 24.3 Å². The number of hydrogen-bond donors (Lipinski definition) is 2. The van der Waals surface area contributed by atoms with Gasteiger partial charge in [0.1, 0.15) is 11.4 Å². The van der Waals surface area contributed by atoms with Crippen molar-refractivity contribution >= 4 is 16.7 Å². The number of aromatic nitrogens is 2. The average molecular weight is 289 g/mol. The minimum atomic E-state index is -2.84. The Morgan fingerprint density at radius 3 is 2.90 bits per heavy atom. The van der Waals surface area contributed by atoms with Crippen LogP contribution >= 0.6 is 0 Å². The van der Waals surface area contributed by atoms with Gasteiger partial charge in [0.2, 0.25) is 0 Å². The van der Waals surface area contributed by atoms with Crippen LogP contribution in [0.4, 0.5) is 14.5 Å². The number of ether oxygens (including phenoxy) is 1. The third-order valence-electron chi connectivity index (χ3n) is 3.11. The normalized spacial score (nSPS) is 11.0. The molecule has 0 saturated heterocycles. The van der Waals surface area contributed by atoms with Crippen molar-refractivity contribution in [2.45, 2.75) is 13.2 Å². The smallest absolute Gasteiger partial charge is 0.387 e. The first-order valence-corrected chi connectivity index (χ1v) is 6.43. The molecule has 0 aliphatic carbocycles. The number of hydrogen-bond acceptors (Lipinski definition) is 3. The molecule has 3 rings (SSSR count). The van der Waals surface area contributed by atoms with Gasteiger partial charge in [0.05, 0.1) is 5.69 Å². The van der Waals surface area contributed by atoms with Gasteiger partial charge in [-0.1, -0.05) is 12.1 Å². The second-order valence-electron chi connectivity index (χ2n) is 4.44. The van der Waals surface area contributed by atoms with Crippen LogP contribution in [0.3, 0.4) is 0 Å². The zero-order valence-electron chi connectivity index (χ0n) is 11.0. The number of rotatable bonds is 5. The number of halogens is 2. The van der Waals surface area contributed by atoms with Gasteiger partial charge in [-0.25, -0.2) is 4.98 Å². The Kier molecular flexibility index (Phi) is 3.68. The van der Waals surface area contributed by atoms with Crippen LogP contribution in [-0.2, 0) is 6.54 Å². The molecule has 0 unspecified atom stereocenters. The van der Waals surface area contributed by atoms with Gasteiger partial charge in [-0.15, -0.1) is 0 Å². The summed E-state index contributed by atoms with van der Waals surface area (Å²) in [6, 6.07) is 10.4. The maximum Gasteiger partial charge on any atom is 0.387 e. The lowest BCUT2D eigenvalue weighted by Gasteiger charge is -2.12. The highest BCUT2D eigenvalue weighted by Crippen LogP contribution is 2.26. The van der Waals surface area contributed by atoms with E-state index in [-0.39, 0.29) is 5.75 Å². The standard InChI is InChI=1S/C15H13F2N3O/c16-15(17)21-13-6-2-1-5-12(13)19-8-10-9-20-14-11(10)4-3-7-18-14/h1-7,9,15,19H,8H2,(H,18,20). The van der Waals surface area contributed by atoms with Crippen molar-refractivity contribution in [3.8, 4) is 5.75 Å². The van der Waals surface area contributed by atoms with Crippen LogP contribution in [0.1, 0.15) is 5.56 Å². The summed E-state index contributed by atoms with van der Waals surface area (Å²) >= 11 is 0. The second kappa shape index (κ2) is 5.78. The minimum absolute atomic E-state index is 0.130. The molecule has 0 amide bonds. The van der Waals surface area contributed by atoms with Crippen LogP contribution in [0, 0.1) is 0 Å². The van der Waals surface area contributed by atoms with E-state index >= 15 is 0 Å². The van der Waals surface area contributed by atoms with Gasteiger partial charge in [-0.05, 0) is 29.8 Å². The fraction of sp³-hybridized carbons (Fsp3) is 0.133. The molecule has 21 heavy (non-hydrogen) atoms. The summed E-state index contributed by atoms with van der Waals surface area (Å²) < 4.78 is 29.2. The average Bonchev–Trinajstić information content (AvgIpc) is 2.89. The molecule has 2 heterocycles. The van der Waals surface area contributed by atoms with E-state index in [4.69, 9.17) is 0 Å². The summed E-state index contributed by atoms with van der Waals surface area (Å²) in [5.41, 5.74) is 2.33. The Bertz CT molecular complexity index is 742. The van der Waals surface area contributed by atoms with Crippen molar-refractivity contribution in [3.05, 3.63) is 54.4 Å². The molecule has 0 fully saturated rings. The largest absolute Gasteiger partial charge is 0.433 e.